The zero-order chi connectivity index (χ0) is 15.6. The summed E-state index contributed by atoms with van der Waals surface area (Å²) in [5.41, 5.74) is 5.92. The Balaban J connectivity index is 2.48. The smallest absolute Gasteiger partial charge is 0.313 e. The lowest BCUT2D eigenvalue weighted by Crippen LogP contribution is -2.01. The zero-order valence-electron chi connectivity index (χ0n) is 11.2. The second kappa shape index (κ2) is 5.92. The van der Waals surface area contributed by atoms with E-state index in [0.29, 0.717) is 10.0 Å². The number of nitro groups is 1. The summed E-state index contributed by atoms with van der Waals surface area (Å²) in [5.74, 6) is 0.299. The summed E-state index contributed by atoms with van der Waals surface area (Å²) in [5, 5.41) is 11.1. The predicted octanol–water partition coefficient (Wildman–Crippen LogP) is 2.84. The van der Waals surface area contributed by atoms with Crippen molar-refractivity contribution >= 4 is 27.6 Å². The van der Waals surface area contributed by atoms with Crippen LogP contribution in [-0.4, -0.2) is 22.0 Å². The van der Waals surface area contributed by atoms with Crippen molar-refractivity contribution in [3.05, 3.63) is 38.3 Å². The highest BCUT2D eigenvalue weighted by molar-refractivity contribution is 9.10. The topological polar surface area (TPSA) is 113 Å². The maximum Gasteiger partial charge on any atom is 0.313 e. The minimum atomic E-state index is -0.533. The molecule has 0 amide bonds. The molecule has 0 aliphatic heterocycles. The van der Waals surface area contributed by atoms with Gasteiger partial charge in [-0.3, -0.25) is 10.1 Å². The van der Waals surface area contributed by atoms with Crippen LogP contribution in [0, 0.1) is 17.0 Å². The molecule has 1 heterocycles. The highest BCUT2D eigenvalue weighted by atomic mass is 79.9. The van der Waals surface area contributed by atoms with Crippen LogP contribution < -0.4 is 15.2 Å². The van der Waals surface area contributed by atoms with Crippen LogP contribution in [0.2, 0.25) is 0 Å². The fraction of sp³-hybridized carbons (Fsp3) is 0.167. The summed E-state index contributed by atoms with van der Waals surface area (Å²) in [7, 11) is 1.42. The van der Waals surface area contributed by atoms with Crippen LogP contribution in [0.5, 0.6) is 17.5 Å². The van der Waals surface area contributed by atoms with Gasteiger partial charge < -0.3 is 15.2 Å². The third-order valence-corrected chi connectivity index (χ3v) is 2.99. The summed E-state index contributed by atoms with van der Waals surface area (Å²) in [6, 6.07) is 4.44. The number of aromatic nitrogens is 2. The molecular weight excluding hydrogens is 344 g/mol. The van der Waals surface area contributed by atoms with E-state index in [2.05, 4.69) is 25.9 Å². The van der Waals surface area contributed by atoms with Crippen molar-refractivity contribution in [1.29, 1.82) is 0 Å². The number of nitrogen functional groups attached to an aromatic ring is 1. The SMILES string of the molecule is COc1cc(Oc2c(C)cc(Br)cc2[N+](=O)[O-])nc(N)n1. The minimum absolute atomic E-state index is 0.0539. The quantitative estimate of drug-likeness (QED) is 0.663. The number of anilines is 1. The Kier molecular flexibility index (Phi) is 4.22. The maximum absolute atomic E-state index is 11.1. The summed E-state index contributed by atoms with van der Waals surface area (Å²) < 4.78 is 11.0. The first-order valence-electron chi connectivity index (χ1n) is 5.71. The van der Waals surface area contributed by atoms with Gasteiger partial charge in [0.05, 0.1) is 18.1 Å². The average Bonchev–Trinajstić information content (AvgIpc) is 2.40. The molecule has 0 spiro atoms. The lowest BCUT2D eigenvalue weighted by molar-refractivity contribution is -0.385. The highest BCUT2D eigenvalue weighted by Crippen LogP contribution is 2.37. The Morgan fingerprint density at radius 2 is 1.95 bits per heavy atom. The van der Waals surface area contributed by atoms with Gasteiger partial charge in [0.2, 0.25) is 23.5 Å². The predicted molar refractivity (Wildman–Crippen MR) is 78.6 cm³/mol. The Bertz CT molecular complexity index is 708. The van der Waals surface area contributed by atoms with Crippen LogP contribution in [0.25, 0.3) is 0 Å². The summed E-state index contributed by atoms with van der Waals surface area (Å²) in [6.45, 7) is 1.69. The van der Waals surface area contributed by atoms with Gasteiger partial charge in [0.1, 0.15) is 0 Å². The number of nitrogens with two attached hydrogens (primary N) is 1. The van der Waals surface area contributed by atoms with E-state index in [1.54, 1.807) is 13.0 Å². The molecule has 1 aromatic carbocycles. The van der Waals surface area contributed by atoms with Crippen LogP contribution in [0.15, 0.2) is 22.7 Å². The number of halogens is 1. The molecule has 0 radical (unpaired) electrons. The molecular formula is C12H11BrN4O4. The van der Waals surface area contributed by atoms with Crippen LogP contribution in [0.3, 0.4) is 0 Å². The van der Waals surface area contributed by atoms with Gasteiger partial charge in [0, 0.05) is 16.1 Å². The van der Waals surface area contributed by atoms with E-state index in [4.69, 9.17) is 15.2 Å². The monoisotopic (exact) mass is 354 g/mol. The Labute approximate surface area is 128 Å². The first-order valence-corrected chi connectivity index (χ1v) is 6.51. The van der Waals surface area contributed by atoms with Crippen LogP contribution >= 0.6 is 15.9 Å². The molecule has 1 aromatic heterocycles. The molecule has 9 heteroatoms. The van der Waals surface area contributed by atoms with E-state index in [0.717, 1.165) is 0 Å². The Morgan fingerprint density at radius 1 is 1.29 bits per heavy atom. The van der Waals surface area contributed by atoms with Gasteiger partial charge in [0.25, 0.3) is 0 Å². The van der Waals surface area contributed by atoms with Crippen LogP contribution in [0.1, 0.15) is 5.56 Å². The van der Waals surface area contributed by atoms with Gasteiger partial charge in [-0.05, 0) is 13.0 Å². The second-order valence-electron chi connectivity index (χ2n) is 4.04. The van der Waals surface area contributed by atoms with Gasteiger partial charge in [-0.25, -0.2) is 0 Å². The van der Waals surface area contributed by atoms with E-state index in [1.165, 1.54) is 19.2 Å². The molecule has 110 valence electrons. The number of ether oxygens (including phenoxy) is 2. The van der Waals surface area contributed by atoms with E-state index in [1.807, 2.05) is 0 Å². The largest absolute Gasteiger partial charge is 0.481 e. The van der Waals surface area contributed by atoms with Gasteiger partial charge in [0.15, 0.2) is 0 Å². The van der Waals surface area contributed by atoms with E-state index in [9.17, 15) is 10.1 Å². The number of nitrogens with zero attached hydrogens (tertiary/aromatic N) is 3. The number of nitro benzene ring substituents is 1. The molecule has 0 atom stereocenters. The molecule has 0 aliphatic rings. The van der Waals surface area contributed by atoms with Crippen molar-refractivity contribution in [1.82, 2.24) is 9.97 Å². The first kappa shape index (κ1) is 15.0. The van der Waals surface area contributed by atoms with Crippen molar-refractivity contribution in [3.63, 3.8) is 0 Å². The van der Waals surface area contributed by atoms with E-state index < -0.39 is 4.92 Å². The molecule has 0 bridgehead atoms. The Hall–Kier alpha value is -2.42. The standard InChI is InChI=1S/C12H11BrN4O4/c1-6-3-7(13)4-8(17(18)19)11(6)21-10-5-9(20-2)15-12(14)16-10/h3-5H,1-2H3,(H2,14,15,16). The van der Waals surface area contributed by atoms with Crippen molar-refractivity contribution < 1.29 is 14.4 Å². The zero-order valence-corrected chi connectivity index (χ0v) is 12.7. The maximum atomic E-state index is 11.1. The molecule has 0 saturated heterocycles. The fourth-order valence-electron chi connectivity index (χ4n) is 1.66. The van der Waals surface area contributed by atoms with E-state index >= 15 is 0 Å². The van der Waals surface area contributed by atoms with Crippen molar-refractivity contribution in [2.24, 2.45) is 0 Å². The van der Waals surface area contributed by atoms with Gasteiger partial charge in [-0.15, -0.1) is 0 Å². The van der Waals surface area contributed by atoms with Crippen molar-refractivity contribution in [3.8, 4) is 17.5 Å². The number of aryl methyl sites for hydroxylation is 1. The molecule has 2 rings (SSSR count). The van der Waals surface area contributed by atoms with Crippen molar-refractivity contribution in [2.75, 3.05) is 12.8 Å². The molecule has 0 saturated carbocycles. The highest BCUT2D eigenvalue weighted by Gasteiger charge is 2.20. The first-order chi connectivity index (χ1) is 9.90. The molecule has 0 aliphatic carbocycles. The molecule has 8 nitrogen and oxygen atoms in total. The lowest BCUT2D eigenvalue weighted by Gasteiger charge is -2.10. The van der Waals surface area contributed by atoms with Crippen LogP contribution in [-0.2, 0) is 0 Å². The molecule has 0 unspecified atom stereocenters. The number of hydrogen-bond donors (Lipinski definition) is 1. The van der Waals surface area contributed by atoms with Crippen LogP contribution in [0.4, 0.5) is 11.6 Å². The summed E-state index contributed by atoms with van der Waals surface area (Å²) >= 11 is 3.21. The van der Waals surface area contributed by atoms with Gasteiger partial charge in [-0.2, -0.15) is 9.97 Å². The van der Waals surface area contributed by atoms with E-state index in [-0.39, 0.29) is 29.1 Å². The third-order valence-electron chi connectivity index (χ3n) is 2.53. The second-order valence-corrected chi connectivity index (χ2v) is 4.95. The third kappa shape index (κ3) is 3.37. The van der Waals surface area contributed by atoms with Gasteiger partial charge in [-0.1, -0.05) is 15.9 Å². The molecule has 0 fully saturated rings. The number of methoxy groups -OCH3 is 1. The lowest BCUT2D eigenvalue weighted by atomic mass is 10.2. The number of rotatable bonds is 4. The number of hydrogen-bond acceptors (Lipinski definition) is 7. The Morgan fingerprint density at radius 3 is 2.57 bits per heavy atom. The normalized spacial score (nSPS) is 10.2. The molecule has 2 aromatic rings. The van der Waals surface area contributed by atoms with Gasteiger partial charge >= 0.3 is 5.69 Å². The molecule has 2 N–H and O–H groups in total. The average molecular weight is 355 g/mol. The fourth-order valence-corrected chi connectivity index (χ4v) is 2.22. The number of benzene rings is 1. The minimum Gasteiger partial charge on any atom is -0.481 e. The summed E-state index contributed by atoms with van der Waals surface area (Å²) in [4.78, 5) is 18.3. The summed E-state index contributed by atoms with van der Waals surface area (Å²) in [6.07, 6.45) is 0. The molecule has 21 heavy (non-hydrogen) atoms. The van der Waals surface area contributed by atoms with Crippen molar-refractivity contribution in [2.45, 2.75) is 6.92 Å².